The normalized spacial score (nSPS) is 16.5. The van der Waals surface area contributed by atoms with Crippen LogP contribution in [0.3, 0.4) is 0 Å². The van der Waals surface area contributed by atoms with E-state index >= 15 is 0 Å². The number of furan rings is 1. The Morgan fingerprint density at radius 1 is 1.12 bits per heavy atom. The molecule has 3 aromatic rings. The summed E-state index contributed by atoms with van der Waals surface area (Å²) in [4.78, 5) is 53.4. The molecule has 1 aromatic carbocycles. The average Bonchev–Trinajstić information content (AvgIpc) is 3.38. The molecule has 3 amide bonds. The third kappa shape index (κ3) is 7.79. The van der Waals surface area contributed by atoms with E-state index in [0.29, 0.717) is 11.2 Å². The second kappa shape index (κ2) is 13.1. The van der Waals surface area contributed by atoms with E-state index in [-0.39, 0.29) is 54.6 Å². The first-order valence-corrected chi connectivity index (χ1v) is 13.7. The van der Waals surface area contributed by atoms with Crippen LogP contribution in [0.1, 0.15) is 59.7 Å². The largest absolute Gasteiger partial charge is 0.618 e. The third-order valence-corrected chi connectivity index (χ3v) is 6.94. The van der Waals surface area contributed by atoms with Crippen molar-refractivity contribution in [3.8, 4) is 11.3 Å². The van der Waals surface area contributed by atoms with Gasteiger partial charge in [0.2, 0.25) is 5.91 Å². The van der Waals surface area contributed by atoms with Gasteiger partial charge in [0, 0.05) is 24.2 Å². The number of rotatable bonds is 8. The van der Waals surface area contributed by atoms with Gasteiger partial charge in [0.25, 0.3) is 11.6 Å². The zero-order chi connectivity index (χ0) is 31.3. The highest BCUT2D eigenvalue weighted by Gasteiger charge is 2.34. The van der Waals surface area contributed by atoms with Crippen LogP contribution in [0.25, 0.3) is 11.3 Å². The number of amides is 3. The molecule has 4 rings (SSSR count). The number of likely N-dealkylation sites (tertiary alicyclic amines) is 1. The number of nitrogens with zero attached hydrogens (tertiary/aromatic N) is 2. The van der Waals surface area contributed by atoms with E-state index in [0.717, 1.165) is 12.1 Å². The summed E-state index contributed by atoms with van der Waals surface area (Å²) in [5.74, 6) is -2.56. The van der Waals surface area contributed by atoms with Crippen molar-refractivity contribution in [3.05, 3.63) is 83.0 Å². The molecule has 1 aliphatic heterocycles. The van der Waals surface area contributed by atoms with Crippen LogP contribution in [0.15, 0.2) is 65.2 Å². The summed E-state index contributed by atoms with van der Waals surface area (Å²) in [6.45, 7) is 3.60. The summed E-state index contributed by atoms with van der Waals surface area (Å²) < 4.78 is 45.3. The van der Waals surface area contributed by atoms with Crippen molar-refractivity contribution in [1.82, 2.24) is 15.5 Å². The fourth-order valence-electron chi connectivity index (χ4n) is 4.77. The van der Waals surface area contributed by atoms with Crippen molar-refractivity contribution >= 4 is 23.5 Å². The SMILES string of the molecule is CC(C)CC(NC(=O)c1ccc(-c2cccc(C(F)(F)F)c2)o1)C(=O)N[C@H]1CCCN(C(=O)c2cccc[n+]2[O-])CC1=O. The van der Waals surface area contributed by atoms with Crippen LogP contribution in [-0.2, 0) is 15.8 Å². The van der Waals surface area contributed by atoms with Gasteiger partial charge in [0.1, 0.15) is 11.8 Å². The van der Waals surface area contributed by atoms with Gasteiger partial charge in [-0.05, 0) is 55.5 Å². The summed E-state index contributed by atoms with van der Waals surface area (Å²) >= 11 is 0. The standard InChI is InChI=1S/C30H31F3N4O6/c1-18(2)15-22(35-28(40)26-12-11-25(43-26)19-7-5-8-20(16-19)30(31,32)33)27(39)34-21-9-6-13-36(17-24(21)38)29(41)23-10-3-4-14-37(23)42/h3-5,7-8,10-12,14,16,18,21-22H,6,9,13,15,17H2,1-2H3,(H,34,39)(H,35,40)/t21-,22?/m0/s1. The maximum atomic E-state index is 13.3. The molecular weight excluding hydrogens is 569 g/mol. The lowest BCUT2D eigenvalue weighted by molar-refractivity contribution is -0.608. The number of pyridine rings is 1. The Kier molecular flexibility index (Phi) is 9.52. The summed E-state index contributed by atoms with van der Waals surface area (Å²) in [7, 11) is 0. The van der Waals surface area contributed by atoms with Crippen molar-refractivity contribution in [2.45, 2.75) is 51.4 Å². The maximum absolute atomic E-state index is 13.3. The Hall–Kier alpha value is -4.68. The predicted octanol–water partition coefficient (Wildman–Crippen LogP) is 3.73. The molecule has 228 valence electrons. The minimum Gasteiger partial charge on any atom is -0.618 e. The Balaban J connectivity index is 1.42. The Labute approximate surface area is 245 Å². The highest BCUT2D eigenvalue weighted by atomic mass is 19.4. The lowest BCUT2D eigenvalue weighted by Gasteiger charge is -2.23. The monoisotopic (exact) mass is 600 g/mol. The van der Waals surface area contributed by atoms with E-state index in [9.17, 15) is 37.6 Å². The number of alkyl halides is 3. The van der Waals surface area contributed by atoms with Crippen LogP contribution in [0, 0.1) is 11.1 Å². The number of ketones is 1. The van der Waals surface area contributed by atoms with E-state index in [2.05, 4.69) is 10.6 Å². The molecule has 10 nitrogen and oxygen atoms in total. The van der Waals surface area contributed by atoms with E-state index in [1.165, 1.54) is 47.5 Å². The van der Waals surface area contributed by atoms with Crippen LogP contribution in [-0.4, -0.2) is 53.6 Å². The second-order valence-corrected chi connectivity index (χ2v) is 10.7. The molecule has 0 bridgehead atoms. The number of nitrogens with one attached hydrogen (secondary N) is 2. The number of halogens is 3. The molecule has 3 heterocycles. The molecule has 2 atom stereocenters. The minimum atomic E-state index is -4.55. The second-order valence-electron chi connectivity index (χ2n) is 10.7. The van der Waals surface area contributed by atoms with Gasteiger partial charge in [-0.25, -0.2) is 0 Å². The summed E-state index contributed by atoms with van der Waals surface area (Å²) in [5.41, 5.74) is -0.857. The van der Waals surface area contributed by atoms with Crippen molar-refractivity contribution in [2.24, 2.45) is 5.92 Å². The van der Waals surface area contributed by atoms with E-state index in [1.54, 1.807) is 6.07 Å². The maximum Gasteiger partial charge on any atom is 0.416 e. The van der Waals surface area contributed by atoms with Crippen LogP contribution in [0.4, 0.5) is 13.2 Å². The van der Waals surface area contributed by atoms with Gasteiger partial charge in [0.15, 0.2) is 17.7 Å². The molecule has 2 N–H and O–H groups in total. The molecule has 1 unspecified atom stereocenters. The molecule has 1 fully saturated rings. The van der Waals surface area contributed by atoms with E-state index < -0.39 is 47.3 Å². The van der Waals surface area contributed by atoms with Crippen molar-refractivity contribution in [2.75, 3.05) is 13.1 Å². The zero-order valence-corrected chi connectivity index (χ0v) is 23.5. The number of hydrogen-bond donors (Lipinski definition) is 2. The lowest BCUT2D eigenvalue weighted by Crippen LogP contribution is -2.53. The van der Waals surface area contributed by atoms with Gasteiger partial charge in [-0.15, -0.1) is 0 Å². The van der Waals surface area contributed by atoms with Gasteiger partial charge in [0.05, 0.1) is 18.2 Å². The number of Topliss-reactive ketones (excluding diaryl/α,β-unsaturated/α-hetero) is 1. The summed E-state index contributed by atoms with van der Waals surface area (Å²) in [5, 5.41) is 17.3. The highest BCUT2D eigenvalue weighted by molar-refractivity contribution is 5.99. The van der Waals surface area contributed by atoms with Gasteiger partial charge in [-0.3, -0.25) is 19.2 Å². The van der Waals surface area contributed by atoms with Crippen LogP contribution < -0.4 is 15.4 Å². The Morgan fingerprint density at radius 3 is 2.58 bits per heavy atom. The minimum absolute atomic E-state index is 0.0315. The number of carbonyl (C=O) groups excluding carboxylic acids is 4. The Morgan fingerprint density at radius 2 is 1.88 bits per heavy atom. The van der Waals surface area contributed by atoms with Crippen molar-refractivity contribution in [1.29, 1.82) is 0 Å². The first-order chi connectivity index (χ1) is 20.3. The fraction of sp³-hybridized carbons (Fsp3) is 0.367. The van der Waals surface area contributed by atoms with Crippen LogP contribution in [0.5, 0.6) is 0 Å². The number of aromatic nitrogens is 1. The number of benzene rings is 1. The lowest BCUT2D eigenvalue weighted by atomic mass is 10.0. The van der Waals surface area contributed by atoms with Gasteiger partial charge >= 0.3 is 12.1 Å². The first kappa shape index (κ1) is 31.3. The average molecular weight is 601 g/mol. The molecule has 1 aliphatic rings. The molecule has 13 heteroatoms. The molecule has 43 heavy (non-hydrogen) atoms. The van der Waals surface area contributed by atoms with Crippen molar-refractivity contribution in [3.63, 3.8) is 0 Å². The molecule has 0 saturated carbocycles. The third-order valence-electron chi connectivity index (χ3n) is 6.94. The van der Waals surface area contributed by atoms with Crippen LogP contribution >= 0.6 is 0 Å². The molecule has 0 spiro atoms. The molecule has 0 aliphatic carbocycles. The van der Waals surface area contributed by atoms with Crippen molar-refractivity contribution < 1.29 is 41.5 Å². The van der Waals surface area contributed by atoms with Gasteiger partial charge in [-0.1, -0.05) is 26.0 Å². The fourth-order valence-corrected chi connectivity index (χ4v) is 4.77. The molecular formula is C30H31F3N4O6. The molecule has 0 radical (unpaired) electrons. The predicted molar refractivity (Wildman–Crippen MR) is 147 cm³/mol. The molecule has 2 aromatic heterocycles. The smallest absolute Gasteiger partial charge is 0.416 e. The topological polar surface area (TPSA) is 136 Å². The molecule has 1 saturated heterocycles. The van der Waals surface area contributed by atoms with Gasteiger partial charge < -0.3 is 25.2 Å². The summed E-state index contributed by atoms with van der Waals surface area (Å²) in [6.07, 6.45) is -2.49. The quantitative estimate of drug-likeness (QED) is 0.299. The van der Waals surface area contributed by atoms with E-state index in [4.69, 9.17) is 4.42 Å². The zero-order valence-electron chi connectivity index (χ0n) is 23.5. The van der Waals surface area contributed by atoms with Gasteiger partial charge in [-0.2, -0.15) is 17.9 Å². The highest BCUT2D eigenvalue weighted by Crippen LogP contribution is 2.32. The number of hydrogen-bond acceptors (Lipinski definition) is 6. The van der Waals surface area contributed by atoms with E-state index in [1.807, 2.05) is 13.8 Å². The summed E-state index contributed by atoms with van der Waals surface area (Å²) in [6, 6.07) is 9.58. The first-order valence-electron chi connectivity index (χ1n) is 13.7. The Bertz CT molecular complexity index is 1500. The number of carbonyl (C=O) groups is 4. The van der Waals surface area contributed by atoms with Crippen LogP contribution in [0.2, 0.25) is 0 Å².